The van der Waals surface area contributed by atoms with Crippen LogP contribution >= 0.6 is 0 Å². The number of carbonyl (C=O) groups is 2. The molecule has 0 saturated carbocycles. The number of H-pyrrole nitrogens is 1. The first kappa shape index (κ1) is 10.3. The normalized spacial score (nSPS) is 12.1. The van der Waals surface area contributed by atoms with Crippen molar-refractivity contribution in [3.63, 3.8) is 0 Å². The SMILES string of the molecule is CC(=O)NC(Cc1ccc[nH]1)C(=O)O. The van der Waals surface area contributed by atoms with E-state index in [4.69, 9.17) is 5.11 Å². The van der Waals surface area contributed by atoms with E-state index in [0.717, 1.165) is 5.69 Å². The Hall–Kier alpha value is -1.78. The van der Waals surface area contributed by atoms with Crippen LogP contribution in [-0.2, 0) is 16.0 Å². The molecule has 14 heavy (non-hydrogen) atoms. The fourth-order valence-corrected chi connectivity index (χ4v) is 1.16. The summed E-state index contributed by atoms with van der Waals surface area (Å²) in [5.41, 5.74) is 0.783. The molecule has 5 heteroatoms. The van der Waals surface area contributed by atoms with Gasteiger partial charge in [0.15, 0.2) is 0 Å². The molecule has 0 saturated heterocycles. The van der Waals surface area contributed by atoms with Gasteiger partial charge in [0.1, 0.15) is 6.04 Å². The minimum absolute atomic E-state index is 0.266. The monoisotopic (exact) mass is 196 g/mol. The van der Waals surface area contributed by atoms with Crippen LogP contribution < -0.4 is 5.32 Å². The van der Waals surface area contributed by atoms with E-state index in [0.29, 0.717) is 0 Å². The van der Waals surface area contributed by atoms with E-state index in [1.54, 1.807) is 18.3 Å². The molecule has 1 amide bonds. The number of carboxylic acids is 1. The van der Waals surface area contributed by atoms with Crippen molar-refractivity contribution in [2.24, 2.45) is 0 Å². The molecule has 0 fully saturated rings. The van der Waals surface area contributed by atoms with Crippen molar-refractivity contribution in [2.75, 3.05) is 0 Å². The Labute approximate surface area is 81.1 Å². The number of carboxylic acid groups (broad SMARTS) is 1. The molecule has 1 aromatic rings. The van der Waals surface area contributed by atoms with E-state index in [9.17, 15) is 9.59 Å². The lowest BCUT2D eigenvalue weighted by atomic mass is 10.1. The summed E-state index contributed by atoms with van der Waals surface area (Å²) >= 11 is 0. The molecular weight excluding hydrogens is 184 g/mol. The zero-order valence-electron chi connectivity index (χ0n) is 7.78. The fraction of sp³-hybridized carbons (Fsp3) is 0.333. The Morgan fingerprint density at radius 2 is 2.36 bits per heavy atom. The zero-order valence-corrected chi connectivity index (χ0v) is 7.78. The second-order valence-electron chi connectivity index (χ2n) is 2.99. The number of nitrogens with one attached hydrogen (secondary N) is 2. The second-order valence-corrected chi connectivity index (χ2v) is 2.99. The molecule has 0 aliphatic rings. The van der Waals surface area contributed by atoms with Gasteiger partial charge < -0.3 is 15.4 Å². The van der Waals surface area contributed by atoms with Crippen LogP contribution in [0.4, 0.5) is 0 Å². The first-order valence-electron chi connectivity index (χ1n) is 4.22. The molecule has 1 aromatic heterocycles. The molecule has 0 aromatic carbocycles. The van der Waals surface area contributed by atoms with Gasteiger partial charge in [0.05, 0.1) is 0 Å². The molecular formula is C9H12N2O3. The van der Waals surface area contributed by atoms with Crippen molar-refractivity contribution in [2.45, 2.75) is 19.4 Å². The Morgan fingerprint density at radius 1 is 1.64 bits per heavy atom. The molecule has 5 nitrogen and oxygen atoms in total. The molecule has 0 bridgehead atoms. The van der Waals surface area contributed by atoms with Gasteiger partial charge in [0.2, 0.25) is 5.91 Å². The summed E-state index contributed by atoms with van der Waals surface area (Å²) in [5, 5.41) is 11.2. The molecule has 0 spiro atoms. The summed E-state index contributed by atoms with van der Waals surface area (Å²) < 4.78 is 0. The van der Waals surface area contributed by atoms with Gasteiger partial charge in [0.25, 0.3) is 0 Å². The van der Waals surface area contributed by atoms with Crippen LogP contribution in [0.15, 0.2) is 18.3 Å². The van der Waals surface area contributed by atoms with E-state index in [1.165, 1.54) is 6.92 Å². The van der Waals surface area contributed by atoms with Gasteiger partial charge >= 0.3 is 5.97 Å². The lowest BCUT2D eigenvalue weighted by molar-refractivity contribution is -0.141. The number of aromatic amines is 1. The molecule has 1 heterocycles. The van der Waals surface area contributed by atoms with Crippen LogP contribution in [0.5, 0.6) is 0 Å². The van der Waals surface area contributed by atoms with Crippen molar-refractivity contribution < 1.29 is 14.7 Å². The first-order chi connectivity index (χ1) is 6.59. The lowest BCUT2D eigenvalue weighted by Crippen LogP contribution is -2.41. The Morgan fingerprint density at radius 3 is 2.79 bits per heavy atom. The number of amides is 1. The van der Waals surface area contributed by atoms with Gasteiger partial charge in [-0.05, 0) is 12.1 Å². The second kappa shape index (κ2) is 4.45. The van der Waals surface area contributed by atoms with Crippen molar-refractivity contribution in [1.29, 1.82) is 0 Å². The summed E-state index contributed by atoms with van der Waals surface area (Å²) in [5.74, 6) is -1.38. The highest BCUT2D eigenvalue weighted by atomic mass is 16.4. The number of hydrogen-bond donors (Lipinski definition) is 3. The van der Waals surface area contributed by atoms with Gasteiger partial charge in [-0.3, -0.25) is 4.79 Å². The third-order valence-corrected chi connectivity index (χ3v) is 1.76. The van der Waals surface area contributed by atoms with Crippen LogP contribution in [0, 0.1) is 0 Å². The van der Waals surface area contributed by atoms with Crippen LogP contribution in [0.3, 0.4) is 0 Å². The summed E-state index contributed by atoms with van der Waals surface area (Å²) in [6.07, 6.45) is 1.98. The highest BCUT2D eigenvalue weighted by molar-refractivity contribution is 5.82. The molecule has 76 valence electrons. The van der Waals surface area contributed by atoms with Crippen molar-refractivity contribution >= 4 is 11.9 Å². The van der Waals surface area contributed by atoms with E-state index in [1.807, 2.05) is 0 Å². The Balaban J connectivity index is 2.60. The van der Waals surface area contributed by atoms with Gasteiger partial charge in [-0.1, -0.05) is 0 Å². The quantitative estimate of drug-likeness (QED) is 0.641. The third kappa shape index (κ3) is 2.93. The Kier molecular flexibility index (Phi) is 3.28. The number of aliphatic carboxylic acids is 1. The highest BCUT2D eigenvalue weighted by Crippen LogP contribution is 2.00. The Bertz CT molecular complexity index is 319. The standard InChI is InChI=1S/C9H12N2O3/c1-6(12)11-8(9(13)14)5-7-3-2-4-10-7/h2-4,8,10H,5H2,1H3,(H,11,12)(H,13,14). The maximum atomic E-state index is 10.7. The minimum Gasteiger partial charge on any atom is -0.480 e. The smallest absolute Gasteiger partial charge is 0.326 e. The zero-order chi connectivity index (χ0) is 10.6. The van der Waals surface area contributed by atoms with E-state index < -0.39 is 12.0 Å². The largest absolute Gasteiger partial charge is 0.480 e. The maximum Gasteiger partial charge on any atom is 0.326 e. The van der Waals surface area contributed by atoms with Crippen molar-refractivity contribution in [3.05, 3.63) is 24.0 Å². The first-order valence-corrected chi connectivity index (χ1v) is 4.22. The minimum atomic E-state index is -1.03. The summed E-state index contributed by atoms with van der Waals surface area (Å²) in [6, 6.07) is 2.69. The molecule has 1 unspecified atom stereocenters. The number of rotatable bonds is 4. The van der Waals surface area contributed by atoms with E-state index in [-0.39, 0.29) is 12.3 Å². The topological polar surface area (TPSA) is 82.2 Å². The summed E-state index contributed by atoms with van der Waals surface area (Å²) in [7, 11) is 0. The number of hydrogen-bond acceptors (Lipinski definition) is 2. The van der Waals surface area contributed by atoms with E-state index >= 15 is 0 Å². The predicted molar refractivity (Wildman–Crippen MR) is 49.7 cm³/mol. The molecule has 0 aliphatic carbocycles. The molecule has 3 N–H and O–H groups in total. The maximum absolute atomic E-state index is 10.7. The molecule has 1 atom stereocenters. The third-order valence-electron chi connectivity index (χ3n) is 1.76. The fourth-order valence-electron chi connectivity index (χ4n) is 1.16. The molecule has 1 rings (SSSR count). The lowest BCUT2D eigenvalue weighted by Gasteiger charge is -2.11. The average Bonchev–Trinajstić information content (AvgIpc) is 2.54. The van der Waals surface area contributed by atoms with Gasteiger partial charge in [-0.2, -0.15) is 0 Å². The van der Waals surface area contributed by atoms with Crippen LogP contribution in [0.1, 0.15) is 12.6 Å². The predicted octanol–water partition coefficient (Wildman–Crippen LogP) is 0.146. The van der Waals surface area contributed by atoms with Crippen LogP contribution in [-0.4, -0.2) is 28.0 Å². The van der Waals surface area contributed by atoms with Crippen LogP contribution in [0.25, 0.3) is 0 Å². The molecule has 0 aliphatic heterocycles. The van der Waals surface area contributed by atoms with Crippen molar-refractivity contribution in [3.8, 4) is 0 Å². The van der Waals surface area contributed by atoms with Gasteiger partial charge in [-0.25, -0.2) is 4.79 Å². The van der Waals surface area contributed by atoms with Crippen molar-refractivity contribution in [1.82, 2.24) is 10.3 Å². The molecule has 0 radical (unpaired) electrons. The van der Waals surface area contributed by atoms with E-state index in [2.05, 4.69) is 10.3 Å². The van der Waals surface area contributed by atoms with Gasteiger partial charge in [0, 0.05) is 25.2 Å². The summed E-state index contributed by atoms with van der Waals surface area (Å²) in [6.45, 7) is 1.30. The number of aromatic nitrogens is 1. The van der Waals surface area contributed by atoms with Gasteiger partial charge in [-0.15, -0.1) is 0 Å². The van der Waals surface area contributed by atoms with Crippen LogP contribution in [0.2, 0.25) is 0 Å². The summed E-state index contributed by atoms with van der Waals surface area (Å²) in [4.78, 5) is 24.3. The number of carbonyl (C=O) groups excluding carboxylic acids is 1. The highest BCUT2D eigenvalue weighted by Gasteiger charge is 2.18. The average molecular weight is 196 g/mol.